The van der Waals surface area contributed by atoms with Gasteiger partial charge < -0.3 is 16.0 Å². The lowest BCUT2D eigenvalue weighted by Crippen LogP contribution is -2.21. The predicted molar refractivity (Wildman–Crippen MR) is 119 cm³/mol. The zero-order valence-electron chi connectivity index (χ0n) is 16.2. The summed E-state index contributed by atoms with van der Waals surface area (Å²) in [5.41, 5.74) is 12.3. The van der Waals surface area contributed by atoms with Crippen molar-refractivity contribution >= 4 is 35.1 Å². The minimum atomic E-state index is -0.0950. The van der Waals surface area contributed by atoms with E-state index in [4.69, 9.17) is 5.73 Å². The average molecular weight is 394 g/mol. The maximum Gasteiger partial charge on any atom is 0.255 e. The fourth-order valence-electron chi connectivity index (χ4n) is 4.06. The second-order valence-corrected chi connectivity index (χ2v) is 8.31. The van der Waals surface area contributed by atoms with Gasteiger partial charge in [-0.3, -0.25) is 4.79 Å². The molecule has 0 radical (unpaired) electrons. The number of thiol groups is 1. The van der Waals surface area contributed by atoms with Crippen molar-refractivity contribution in [3.8, 4) is 0 Å². The highest BCUT2D eigenvalue weighted by Gasteiger charge is 2.22. The second-order valence-electron chi connectivity index (χ2n) is 7.69. The number of H-pyrrole nitrogens is 1. The van der Waals surface area contributed by atoms with Crippen molar-refractivity contribution in [2.24, 2.45) is 11.7 Å². The van der Waals surface area contributed by atoms with E-state index in [9.17, 15) is 4.79 Å². The molecular weight excluding hydrogens is 366 g/mol. The lowest BCUT2D eigenvalue weighted by atomic mass is 9.86. The van der Waals surface area contributed by atoms with Crippen molar-refractivity contribution in [1.29, 1.82) is 0 Å². The Morgan fingerprint density at radius 3 is 2.79 bits per heavy atom. The molecule has 0 fully saturated rings. The highest BCUT2D eigenvalue weighted by Crippen LogP contribution is 2.33. The molecule has 0 saturated carbocycles. The first-order chi connectivity index (χ1) is 13.6. The Hall–Kier alpha value is -2.24. The van der Waals surface area contributed by atoms with Crippen molar-refractivity contribution in [1.82, 2.24) is 4.98 Å². The maximum atomic E-state index is 12.7. The molecule has 1 aliphatic carbocycles. The molecule has 4 nitrogen and oxygen atoms in total. The van der Waals surface area contributed by atoms with E-state index in [1.54, 1.807) is 0 Å². The van der Waals surface area contributed by atoms with Crippen LogP contribution in [-0.4, -0.2) is 17.4 Å². The topological polar surface area (TPSA) is 70.9 Å². The van der Waals surface area contributed by atoms with Crippen LogP contribution in [0.5, 0.6) is 0 Å². The SMILES string of the molecule is CCC(S)c1ccc(C(=O)Nc2ccc3[nH]c4c(c3c2)CC(CN)CC4)cc1. The lowest BCUT2D eigenvalue weighted by molar-refractivity contribution is 0.102. The van der Waals surface area contributed by atoms with Gasteiger partial charge in [-0.15, -0.1) is 0 Å². The van der Waals surface area contributed by atoms with E-state index in [0.29, 0.717) is 11.5 Å². The standard InChI is InChI=1S/C23H27N3OS/c1-2-22(28)15-4-6-16(7-5-15)23(27)25-17-8-10-21-19(12-17)18-11-14(13-24)3-9-20(18)26-21/h4-8,10,12,14,22,26,28H,2-3,9,11,13,24H2,1H3,(H,25,27). The van der Waals surface area contributed by atoms with Gasteiger partial charge >= 0.3 is 0 Å². The molecule has 5 heteroatoms. The van der Waals surface area contributed by atoms with Gasteiger partial charge in [-0.05, 0) is 79.6 Å². The summed E-state index contributed by atoms with van der Waals surface area (Å²) < 4.78 is 0. The Labute approximate surface area is 171 Å². The Morgan fingerprint density at radius 1 is 1.29 bits per heavy atom. The summed E-state index contributed by atoms with van der Waals surface area (Å²) >= 11 is 4.56. The van der Waals surface area contributed by atoms with Crippen molar-refractivity contribution in [3.05, 3.63) is 64.8 Å². The fraction of sp³-hybridized carbons (Fsp3) is 0.348. The van der Waals surface area contributed by atoms with Gasteiger partial charge in [-0.1, -0.05) is 19.1 Å². The summed E-state index contributed by atoms with van der Waals surface area (Å²) in [4.78, 5) is 16.2. The molecule has 0 bridgehead atoms. The fourth-order valence-corrected chi connectivity index (χ4v) is 4.24. The summed E-state index contributed by atoms with van der Waals surface area (Å²) in [6.45, 7) is 2.83. The van der Waals surface area contributed by atoms with Crippen LogP contribution in [0, 0.1) is 5.92 Å². The first-order valence-electron chi connectivity index (χ1n) is 10.0. The van der Waals surface area contributed by atoms with Gasteiger partial charge in [0.15, 0.2) is 0 Å². The molecule has 0 aliphatic heterocycles. The molecule has 28 heavy (non-hydrogen) atoms. The summed E-state index contributed by atoms with van der Waals surface area (Å²) in [6.07, 6.45) is 4.15. The predicted octanol–water partition coefficient (Wildman–Crippen LogP) is 4.86. The number of hydrogen-bond donors (Lipinski definition) is 4. The first-order valence-corrected chi connectivity index (χ1v) is 10.5. The van der Waals surface area contributed by atoms with Gasteiger partial charge in [0, 0.05) is 33.1 Å². The normalized spacial score (nSPS) is 17.3. The van der Waals surface area contributed by atoms with Gasteiger partial charge in [-0.2, -0.15) is 12.6 Å². The molecule has 4 N–H and O–H groups in total. The van der Waals surface area contributed by atoms with Gasteiger partial charge in [0.25, 0.3) is 5.91 Å². The van der Waals surface area contributed by atoms with Crippen LogP contribution in [0.25, 0.3) is 10.9 Å². The van der Waals surface area contributed by atoms with Crippen molar-refractivity contribution in [2.75, 3.05) is 11.9 Å². The molecule has 0 saturated heterocycles. The van der Waals surface area contributed by atoms with Crippen LogP contribution >= 0.6 is 12.6 Å². The van der Waals surface area contributed by atoms with Gasteiger partial charge in [0.2, 0.25) is 0 Å². The van der Waals surface area contributed by atoms with E-state index < -0.39 is 0 Å². The molecule has 1 aromatic heterocycles. The third-order valence-corrected chi connectivity index (χ3v) is 6.49. The molecular formula is C23H27N3OS. The molecule has 2 aromatic carbocycles. The molecule has 0 spiro atoms. The van der Waals surface area contributed by atoms with Gasteiger partial charge in [0.1, 0.15) is 0 Å². The van der Waals surface area contributed by atoms with E-state index in [2.05, 4.69) is 42.0 Å². The van der Waals surface area contributed by atoms with Crippen LogP contribution in [0.3, 0.4) is 0 Å². The largest absolute Gasteiger partial charge is 0.358 e. The number of hydrogen-bond acceptors (Lipinski definition) is 3. The smallest absolute Gasteiger partial charge is 0.255 e. The number of rotatable bonds is 5. The summed E-state index contributed by atoms with van der Waals surface area (Å²) in [7, 11) is 0. The van der Waals surface area contributed by atoms with E-state index in [-0.39, 0.29) is 11.2 Å². The Bertz CT molecular complexity index is 993. The number of nitrogens with one attached hydrogen (secondary N) is 2. The molecule has 146 valence electrons. The third kappa shape index (κ3) is 3.69. The summed E-state index contributed by atoms with van der Waals surface area (Å²) in [6, 6.07) is 13.8. The van der Waals surface area contributed by atoms with E-state index in [1.807, 2.05) is 30.3 Å². The Kier molecular flexibility index (Phi) is 5.47. The third-order valence-electron chi connectivity index (χ3n) is 5.83. The number of fused-ring (bicyclic) bond motifs is 3. The number of benzene rings is 2. The number of nitrogens with two attached hydrogens (primary N) is 1. The Balaban J connectivity index is 1.55. The average Bonchev–Trinajstić information content (AvgIpc) is 3.10. The molecule has 1 aliphatic rings. The van der Waals surface area contributed by atoms with Crippen LogP contribution in [0.1, 0.15) is 52.2 Å². The van der Waals surface area contributed by atoms with Crippen LogP contribution in [0.2, 0.25) is 0 Å². The monoisotopic (exact) mass is 393 g/mol. The summed E-state index contributed by atoms with van der Waals surface area (Å²) in [5.74, 6) is 0.449. The zero-order valence-corrected chi connectivity index (χ0v) is 17.1. The first kappa shape index (κ1) is 19.1. The number of carbonyl (C=O) groups is 1. The van der Waals surface area contributed by atoms with Crippen LogP contribution in [-0.2, 0) is 12.8 Å². The maximum absolute atomic E-state index is 12.7. The van der Waals surface area contributed by atoms with E-state index in [1.165, 1.54) is 16.6 Å². The molecule has 1 heterocycles. The lowest BCUT2D eigenvalue weighted by Gasteiger charge is -2.20. The number of aryl methyl sites for hydroxylation is 1. The van der Waals surface area contributed by atoms with Crippen molar-refractivity contribution < 1.29 is 4.79 Å². The number of aromatic amines is 1. The molecule has 2 atom stereocenters. The summed E-state index contributed by atoms with van der Waals surface area (Å²) in [5, 5.41) is 4.44. The zero-order chi connectivity index (χ0) is 19.7. The quantitative estimate of drug-likeness (QED) is 0.467. The number of aromatic nitrogens is 1. The molecule has 1 amide bonds. The minimum absolute atomic E-state index is 0.0950. The number of amides is 1. The second kappa shape index (κ2) is 8.02. The minimum Gasteiger partial charge on any atom is -0.358 e. The van der Waals surface area contributed by atoms with Gasteiger partial charge in [0.05, 0.1) is 0 Å². The molecule has 3 aromatic rings. The van der Waals surface area contributed by atoms with Crippen LogP contribution < -0.4 is 11.1 Å². The van der Waals surface area contributed by atoms with Crippen LogP contribution in [0.15, 0.2) is 42.5 Å². The highest BCUT2D eigenvalue weighted by molar-refractivity contribution is 7.80. The Morgan fingerprint density at radius 2 is 2.07 bits per heavy atom. The van der Waals surface area contributed by atoms with E-state index >= 15 is 0 Å². The van der Waals surface area contributed by atoms with E-state index in [0.717, 1.165) is 49.0 Å². The van der Waals surface area contributed by atoms with Gasteiger partial charge in [-0.25, -0.2) is 0 Å². The highest BCUT2D eigenvalue weighted by atomic mass is 32.1. The number of anilines is 1. The molecule has 2 unspecified atom stereocenters. The van der Waals surface area contributed by atoms with Crippen LogP contribution in [0.4, 0.5) is 5.69 Å². The molecule has 4 rings (SSSR count). The van der Waals surface area contributed by atoms with Crippen molar-refractivity contribution in [2.45, 2.75) is 37.9 Å². The number of carbonyl (C=O) groups excluding carboxylic acids is 1. The van der Waals surface area contributed by atoms with Crippen molar-refractivity contribution in [3.63, 3.8) is 0 Å².